The van der Waals surface area contributed by atoms with Gasteiger partial charge in [-0.3, -0.25) is 0 Å². The number of carbonyl (C=O) groups excluding carboxylic acids is 2. The SMILES string of the molecule is COC(=O)c1cccc(C(=O)Oc2ccc(C(C)(C)C)cc2)n1. The van der Waals surface area contributed by atoms with Crippen molar-refractivity contribution in [1.82, 2.24) is 4.98 Å². The van der Waals surface area contributed by atoms with E-state index in [0.29, 0.717) is 5.75 Å². The van der Waals surface area contributed by atoms with Gasteiger partial charge < -0.3 is 9.47 Å². The molecule has 0 aliphatic rings. The fourth-order valence-corrected chi connectivity index (χ4v) is 1.95. The number of esters is 2. The molecule has 0 unspecified atom stereocenters. The van der Waals surface area contributed by atoms with E-state index in [1.807, 2.05) is 12.1 Å². The van der Waals surface area contributed by atoms with Gasteiger partial charge in [0.15, 0.2) is 0 Å². The van der Waals surface area contributed by atoms with Crippen LogP contribution in [0.25, 0.3) is 0 Å². The summed E-state index contributed by atoms with van der Waals surface area (Å²) in [6.45, 7) is 6.32. The molecule has 5 nitrogen and oxygen atoms in total. The second-order valence-corrected chi connectivity index (χ2v) is 6.06. The molecule has 120 valence electrons. The van der Waals surface area contributed by atoms with Gasteiger partial charge in [-0.15, -0.1) is 0 Å². The molecular formula is C18H19NO4. The first-order valence-corrected chi connectivity index (χ1v) is 7.19. The van der Waals surface area contributed by atoms with E-state index in [-0.39, 0.29) is 16.8 Å². The van der Waals surface area contributed by atoms with Crippen LogP contribution in [0.1, 0.15) is 47.3 Å². The van der Waals surface area contributed by atoms with E-state index in [0.717, 1.165) is 5.56 Å². The Morgan fingerprint density at radius 3 is 2.00 bits per heavy atom. The minimum absolute atomic E-state index is 0.0267. The van der Waals surface area contributed by atoms with Crippen LogP contribution in [0.4, 0.5) is 0 Å². The molecule has 1 aromatic heterocycles. The lowest BCUT2D eigenvalue weighted by Gasteiger charge is -2.18. The number of pyridine rings is 1. The molecule has 0 aliphatic carbocycles. The second kappa shape index (κ2) is 6.60. The van der Waals surface area contributed by atoms with Crippen LogP contribution in [0.3, 0.4) is 0 Å². The Hall–Kier alpha value is -2.69. The van der Waals surface area contributed by atoms with Crippen LogP contribution < -0.4 is 4.74 Å². The lowest BCUT2D eigenvalue weighted by Crippen LogP contribution is -2.14. The topological polar surface area (TPSA) is 65.5 Å². The van der Waals surface area contributed by atoms with Crippen molar-refractivity contribution < 1.29 is 19.1 Å². The summed E-state index contributed by atoms with van der Waals surface area (Å²) in [6.07, 6.45) is 0. The van der Waals surface area contributed by atoms with Crippen molar-refractivity contribution in [2.75, 3.05) is 7.11 Å². The molecule has 23 heavy (non-hydrogen) atoms. The molecule has 1 heterocycles. The van der Waals surface area contributed by atoms with Crippen molar-refractivity contribution in [2.45, 2.75) is 26.2 Å². The van der Waals surface area contributed by atoms with Crippen molar-refractivity contribution in [3.63, 3.8) is 0 Å². The molecular weight excluding hydrogens is 294 g/mol. The first-order chi connectivity index (χ1) is 10.8. The monoisotopic (exact) mass is 313 g/mol. The maximum atomic E-state index is 12.1. The van der Waals surface area contributed by atoms with Gasteiger partial charge in [0.25, 0.3) is 0 Å². The molecule has 0 bridgehead atoms. The maximum absolute atomic E-state index is 12.1. The molecule has 0 N–H and O–H groups in total. The number of benzene rings is 1. The summed E-state index contributed by atoms with van der Waals surface area (Å²) in [5.41, 5.74) is 1.28. The van der Waals surface area contributed by atoms with Crippen LogP contribution >= 0.6 is 0 Å². The number of carbonyl (C=O) groups is 2. The predicted octanol–water partition coefficient (Wildman–Crippen LogP) is 3.38. The highest BCUT2D eigenvalue weighted by molar-refractivity contribution is 5.92. The van der Waals surface area contributed by atoms with Gasteiger partial charge in [-0.05, 0) is 35.2 Å². The number of aromatic nitrogens is 1. The number of rotatable bonds is 3. The van der Waals surface area contributed by atoms with E-state index in [4.69, 9.17) is 4.74 Å². The summed E-state index contributed by atoms with van der Waals surface area (Å²) in [5, 5.41) is 0. The molecule has 2 aromatic rings. The molecule has 2 rings (SSSR count). The van der Waals surface area contributed by atoms with Gasteiger partial charge in [0.1, 0.15) is 17.1 Å². The fourth-order valence-electron chi connectivity index (χ4n) is 1.95. The van der Waals surface area contributed by atoms with Gasteiger partial charge >= 0.3 is 11.9 Å². The number of nitrogens with zero attached hydrogens (tertiary/aromatic N) is 1. The third-order valence-corrected chi connectivity index (χ3v) is 3.28. The second-order valence-electron chi connectivity index (χ2n) is 6.06. The third-order valence-electron chi connectivity index (χ3n) is 3.28. The van der Waals surface area contributed by atoms with Gasteiger partial charge in [0.2, 0.25) is 0 Å². The van der Waals surface area contributed by atoms with Crippen LogP contribution in [0, 0.1) is 0 Å². The molecule has 0 aliphatic heterocycles. The quantitative estimate of drug-likeness (QED) is 0.642. The van der Waals surface area contributed by atoms with Gasteiger partial charge in [-0.1, -0.05) is 39.0 Å². The number of hydrogen-bond acceptors (Lipinski definition) is 5. The van der Waals surface area contributed by atoms with Crippen LogP contribution in [-0.2, 0) is 10.2 Å². The molecule has 0 amide bonds. The minimum Gasteiger partial charge on any atom is -0.464 e. The molecule has 0 radical (unpaired) electrons. The van der Waals surface area contributed by atoms with E-state index in [1.165, 1.54) is 19.2 Å². The zero-order valence-electron chi connectivity index (χ0n) is 13.6. The lowest BCUT2D eigenvalue weighted by atomic mass is 9.87. The van der Waals surface area contributed by atoms with Gasteiger partial charge in [0.05, 0.1) is 7.11 Å². The fraction of sp³-hybridized carbons (Fsp3) is 0.278. The number of ether oxygens (including phenoxy) is 2. The number of hydrogen-bond donors (Lipinski definition) is 0. The molecule has 0 fully saturated rings. The van der Waals surface area contributed by atoms with Crippen molar-refractivity contribution >= 4 is 11.9 Å². The summed E-state index contributed by atoms with van der Waals surface area (Å²) >= 11 is 0. The van der Waals surface area contributed by atoms with E-state index in [2.05, 4.69) is 30.5 Å². The van der Waals surface area contributed by atoms with E-state index in [9.17, 15) is 9.59 Å². The Morgan fingerprint density at radius 2 is 1.48 bits per heavy atom. The van der Waals surface area contributed by atoms with Gasteiger partial charge in [0, 0.05) is 0 Å². The third kappa shape index (κ3) is 4.16. The zero-order chi connectivity index (χ0) is 17.0. The van der Waals surface area contributed by atoms with E-state index in [1.54, 1.807) is 18.2 Å². The van der Waals surface area contributed by atoms with Crippen molar-refractivity contribution in [3.05, 3.63) is 59.4 Å². The Balaban J connectivity index is 2.14. The average molecular weight is 313 g/mol. The highest BCUT2D eigenvalue weighted by Crippen LogP contribution is 2.24. The van der Waals surface area contributed by atoms with Crippen LogP contribution in [-0.4, -0.2) is 24.0 Å². The summed E-state index contributed by atoms with van der Waals surface area (Å²) < 4.78 is 9.86. The smallest absolute Gasteiger partial charge is 0.362 e. The lowest BCUT2D eigenvalue weighted by molar-refractivity contribution is 0.0593. The van der Waals surface area contributed by atoms with Gasteiger partial charge in [-0.2, -0.15) is 0 Å². The van der Waals surface area contributed by atoms with Crippen LogP contribution in [0.5, 0.6) is 5.75 Å². The zero-order valence-corrected chi connectivity index (χ0v) is 13.6. The van der Waals surface area contributed by atoms with Crippen molar-refractivity contribution in [3.8, 4) is 5.75 Å². The maximum Gasteiger partial charge on any atom is 0.362 e. The normalized spacial score (nSPS) is 11.0. The summed E-state index contributed by atoms with van der Waals surface area (Å²) in [7, 11) is 1.26. The summed E-state index contributed by atoms with van der Waals surface area (Å²) in [4.78, 5) is 27.5. The number of methoxy groups -OCH3 is 1. The summed E-state index contributed by atoms with van der Waals surface area (Å²) in [5.74, 6) is -0.804. The van der Waals surface area contributed by atoms with E-state index < -0.39 is 11.9 Å². The van der Waals surface area contributed by atoms with Crippen molar-refractivity contribution in [2.24, 2.45) is 0 Å². The van der Waals surface area contributed by atoms with E-state index >= 15 is 0 Å². The average Bonchev–Trinajstić information content (AvgIpc) is 2.54. The van der Waals surface area contributed by atoms with Crippen LogP contribution in [0.2, 0.25) is 0 Å². The molecule has 5 heteroatoms. The highest BCUT2D eigenvalue weighted by atomic mass is 16.5. The highest BCUT2D eigenvalue weighted by Gasteiger charge is 2.16. The van der Waals surface area contributed by atoms with Gasteiger partial charge in [-0.25, -0.2) is 14.6 Å². The Bertz CT molecular complexity index is 715. The Labute approximate surface area is 135 Å². The largest absolute Gasteiger partial charge is 0.464 e. The van der Waals surface area contributed by atoms with Crippen LogP contribution in [0.15, 0.2) is 42.5 Å². The molecule has 0 spiro atoms. The first kappa shape index (κ1) is 16.7. The summed E-state index contributed by atoms with van der Waals surface area (Å²) in [6, 6.07) is 11.8. The first-order valence-electron chi connectivity index (χ1n) is 7.19. The Kier molecular flexibility index (Phi) is 4.79. The standard InChI is InChI=1S/C18H19NO4/c1-18(2,3)12-8-10-13(11-9-12)23-17(21)15-7-5-6-14(19-15)16(20)22-4/h5-11H,1-4H3. The molecule has 0 saturated carbocycles. The predicted molar refractivity (Wildman–Crippen MR) is 85.7 cm³/mol. The Morgan fingerprint density at radius 1 is 0.913 bits per heavy atom. The minimum atomic E-state index is -0.626. The molecule has 1 aromatic carbocycles. The molecule has 0 atom stereocenters. The molecule has 0 saturated heterocycles. The van der Waals surface area contributed by atoms with Crippen molar-refractivity contribution in [1.29, 1.82) is 0 Å².